The number of anilines is 2. The van der Waals surface area contributed by atoms with Crippen LogP contribution in [-0.4, -0.2) is 24.4 Å². The van der Waals surface area contributed by atoms with Gasteiger partial charge in [-0.25, -0.2) is 0 Å². The van der Waals surface area contributed by atoms with Crippen LogP contribution < -0.4 is 15.6 Å². The number of rotatable bonds is 6. The summed E-state index contributed by atoms with van der Waals surface area (Å²) in [5, 5.41) is 6.47. The molecule has 2 rings (SSSR count). The van der Waals surface area contributed by atoms with Gasteiger partial charge in [0.1, 0.15) is 0 Å². The summed E-state index contributed by atoms with van der Waals surface area (Å²) in [5.74, 6) is 0. The minimum Gasteiger partial charge on any atom is -0.372 e. The highest BCUT2D eigenvalue weighted by atomic mass is 32.1. The lowest BCUT2D eigenvalue weighted by Crippen LogP contribution is -2.25. The molecule has 0 heterocycles. The number of para-hydroxylation sites is 1. The van der Waals surface area contributed by atoms with Gasteiger partial charge in [-0.05, 0) is 55.9 Å². The molecule has 0 unspecified atom stereocenters. The molecule has 0 fully saturated rings. The largest absolute Gasteiger partial charge is 0.418 e. The summed E-state index contributed by atoms with van der Waals surface area (Å²) in [5.41, 5.74) is 3.58. The van der Waals surface area contributed by atoms with E-state index in [1.54, 1.807) is 6.21 Å². The fourth-order valence-electron chi connectivity index (χ4n) is 2.51. The first-order chi connectivity index (χ1) is 12.8. The van der Waals surface area contributed by atoms with Crippen LogP contribution in [0.4, 0.5) is 24.5 Å². The SMILES string of the molecule is CCN(CC)c1ccc(/C=N\NC(=S)Nc2ccccc2C(F)(F)F)cc1. The molecule has 0 aromatic heterocycles. The molecule has 2 aromatic carbocycles. The molecule has 4 nitrogen and oxygen atoms in total. The zero-order valence-corrected chi connectivity index (χ0v) is 15.9. The molecule has 0 atom stereocenters. The van der Waals surface area contributed by atoms with Crippen LogP contribution in [0.25, 0.3) is 0 Å². The van der Waals surface area contributed by atoms with Gasteiger partial charge in [-0.15, -0.1) is 0 Å². The number of alkyl halides is 3. The molecule has 2 aromatic rings. The maximum Gasteiger partial charge on any atom is 0.418 e. The topological polar surface area (TPSA) is 39.7 Å². The lowest BCUT2D eigenvalue weighted by atomic mass is 10.2. The third-order valence-electron chi connectivity index (χ3n) is 3.88. The number of thiocarbonyl (C=S) groups is 1. The summed E-state index contributed by atoms with van der Waals surface area (Å²) < 4.78 is 38.9. The average Bonchev–Trinajstić information content (AvgIpc) is 2.63. The Kier molecular flexibility index (Phi) is 7.18. The third kappa shape index (κ3) is 5.96. The summed E-state index contributed by atoms with van der Waals surface area (Å²) in [6.45, 7) is 6.02. The van der Waals surface area contributed by atoms with Gasteiger partial charge in [-0.1, -0.05) is 24.3 Å². The first-order valence-corrected chi connectivity index (χ1v) is 8.87. The molecule has 27 heavy (non-hydrogen) atoms. The van der Waals surface area contributed by atoms with E-state index < -0.39 is 11.7 Å². The van der Waals surface area contributed by atoms with Crippen molar-refractivity contribution in [1.29, 1.82) is 0 Å². The van der Waals surface area contributed by atoms with Gasteiger partial charge >= 0.3 is 6.18 Å². The molecule has 0 amide bonds. The lowest BCUT2D eigenvalue weighted by molar-refractivity contribution is -0.136. The Hall–Kier alpha value is -2.61. The quantitative estimate of drug-likeness (QED) is 0.417. The number of hydrogen-bond acceptors (Lipinski definition) is 3. The molecule has 8 heteroatoms. The Morgan fingerprint density at radius 3 is 2.30 bits per heavy atom. The highest BCUT2D eigenvalue weighted by Crippen LogP contribution is 2.34. The summed E-state index contributed by atoms with van der Waals surface area (Å²) in [4.78, 5) is 2.22. The smallest absolute Gasteiger partial charge is 0.372 e. The van der Waals surface area contributed by atoms with Crippen molar-refractivity contribution in [3.8, 4) is 0 Å². The maximum absolute atomic E-state index is 13.0. The maximum atomic E-state index is 13.0. The van der Waals surface area contributed by atoms with Crippen LogP contribution in [0, 0.1) is 0 Å². The predicted octanol–water partition coefficient (Wildman–Crippen LogP) is 4.87. The molecule has 0 spiro atoms. The first kappa shape index (κ1) is 20.7. The van der Waals surface area contributed by atoms with Crippen molar-refractivity contribution >= 4 is 34.9 Å². The van der Waals surface area contributed by atoms with Crippen LogP contribution >= 0.6 is 12.2 Å². The number of nitrogens with zero attached hydrogens (tertiary/aromatic N) is 2. The van der Waals surface area contributed by atoms with E-state index in [0.29, 0.717) is 0 Å². The Balaban J connectivity index is 1.96. The first-order valence-electron chi connectivity index (χ1n) is 8.46. The molecule has 0 radical (unpaired) electrons. The summed E-state index contributed by atoms with van der Waals surface area (Å²) in [6.07, 6.45) is -2.91. The van der Waals surface area contributed by atoms with Crippen molar-refractivity contribution in [3.05, 3.63) is 59.7 Å². The fourth-order valence-corrected chi connectivity index (χ4v) is 2.68. The van der Waals surface area contributed by atoms with Gasteiger partial charge in [0.25, 0.3) is 0 Å². The van der Waals surface area contributed by atoms with Gasteiger partial charge < -0.3 is 10.2 Å². The number of nitrogens with one attached hydrogen (secondary N) is 2. The van der Waals surface area contributed by atoms with Crippen molar-refractivity contribution in [2.75, 3.05) is 23.3 Å². The average molecular weight is 394 g/mol. The van der Waals surface area contributed by atoms with Crippen molar-refractivity contribution < 1.29 is 13.2 Å². The van der Waals surface area contributed by atoms with Crippen molar-refractivity contribution in [1.82, 2.24) is 5.43 Å². The van der Waals surface area contributed by atoms with Crippen LogP contribution in [0.15, 0.2) is 53.6 Å². The molecular weight excluding hydrogens is 373 g/mol. The molecule has 0 aliphatic carbocycles. The van der Waals surface area contributed by atoms with E-state index in [9.17, 15) is 13.2 Å². The van der Waals surface area contributed by atoms with Gasteiger partial charge in [-0.3, -0.25) is 5.43 Å². The monoisotopic (exact) mass is 394 g/mol. The highest BCUT2D eigenvalue weighted by Gasteiger charge is 2.33. The molecule has 0 aliphatic rings. The van der Waals surface area contributed by atoms with Gasteiger partial charge in [0.2, 0.25) is 0 Å². The second-order valence-electron chi connectivity index (χ2n) is 5.63. The van der Waals surface area contributed by atoms with E-state index in [-0.39, 0.29) is 10.8 Å². The van der Waals surface area contributed by atoms with E-state index in [1.807, 2.05) is 24.3 Å². The Labute approximate surface area is 162 Å². The molecule has 144 valence electrons. The zero-order chi connectivity index (χ0) is 19.9. The normalized spacial score (nSPS) is 11.4. The Morgan fingerprint density at radius 2 is 1.70 bits per heavy atom. The summed E-state index contributed by atoms with van der Waals surface area (Å²) >= 11 is 5.01. The van der Waals surface area contributed by atoms with Crippen LogP contribution in [0.5, 0.6) is 0 Å². The van der Waals surface area contributed by atoms with Crippen molar-refractivity contribution in [2.45, 2.75) is 20.0 Å². The van der Waals surface area contributed by atoms with Crippen molar-refractivity contribution in [3.63, 3.8) is 0 Å². The predicted molar refractivity (Wildman–Crippen MR) is 108 cm³/mol. The summed E-state index contributed by atoms with van der Waals surface area (Å²) in [7, 11) is 0. The van der Waals surface area contributed by atoms with E-state index >= 15 is 0 Å². The fraction of sp³-hybridized carbons (Fsp3) is 0.263. The number of benzene rings is 2. The van der Waals surface area contributed by atoms with Crippen LogP contribution in [0.3, 0.4) is 0 Å². The third-order valence-corrected chi connectivity index (χ3v) is 4.08. The van der Waals surface area contributed by atoms with Crippen LogP contribution in [0.1, 0.15) is 25.0 Å². The van der Waals surface area contributed by atoms with Gasteiger partial charge in [-0.2, -0.15) is 18.3 Å². The molecule has 0 saturated carbocycles. The Morgan fingerprint density at radius 1 is 1.07 bits per heavy atom. The second-order valence-corrected chi connectivity index (χ2v) is 6.04. The highest BCUT2D eigenvalue weighted by molar-refractivity contribution is 7.80. The van der Waals surface area contributed by atoms with E-state index in [4.69, 9.17) is 12.2 Å². The molecule has 0 bridgehead atoms. The number of hydrazone groups is 1. The molecule has 2 N–H and O–H groups in total. The van der Waals surface area contributed by atoms with Crippen LogP contribution in [-0.2, 0) is 6.18 Å². The van der Waals surface area contributed by atoms with Gasteiger partial charge in [0, 0.05) is 18.8 Å². The number of hydrogen-bond donors (Lipinski definition) is 2. The lowest BCUT2D eigenvalue weighted by Gasteiger charge is -2.20. The van der Waals surface area contributed by atoms with E-state index in [0.717, 1.165) is 30.4 Å². The van der Waals surface area contributed by atoms with Crippen molar-refractivity contribution in [2.24, 2.45) is 5.10 Å². The van der Waals surface area contributed by atoms with E-state index in [1.165, 1.54) is 18.2 Å². The zero-order valence-electron chi connectivity index (χ0n) is 15.0. The van der Waals surface area contributed by atoms with E-state index in [2.05, 4.69) is 34.6 Å². The molecular formula is C19H21F3N4S. The Bertz CT molecular complexity index is 784. The summed E-state index contributed by atoms with van der Waals surface area (Å²) in [6, 6.07) is 12.9. The van der Waals surface area contributed by atoms with Gasteiger partial charge in [0.05, 0.1) is 17.5 Å². The minimum atomic E-state index is -4.46. The molecule has 0 aliphatic heterocycles. The number of halogens is 3. The minimum absolute atomic E-state index is 0.0253. The standard InChI is InChI=1S/C19H21F3N4S/c1-3-26(4-2)15-11-9-14(10-12-15)13-23-25-18(27)24-17-8-6-5-7-16(17)19(20,21)22/h5-13H,3-4H2,1-2H3,(H2,24,25,27)/b23-13-. The van der Waals surface area contributed by atoms with Crippen LogP contribution in [0.2, 0.25) is 0 Å². The molecule has 0 saturated heterocycles. The van der Waals surface area contributed by atoms with Gasteiger partial charge in [0.15, 0.2) is 5.11 Å². The second kappa shape index (κ2) is 9.36.